The van der Waals surface area contributed by atoms with E-state index in [0.717, 1.165) is 16.7 Å². The summed E-state index contributed by atoms with van der Waals surface area (Å²) in [6.45, 7) is 2.11. The molecular formula is C26H19Cl3N6O2. The first kappa shape index (κ1) is 26.2. The average molecular weight is 554 g/mol. The molecule has 1 aromatic heterocycles. The van der Waals surface area contributed by atoms with E-state index < -0.39 is 10.8 Å². The first-order valence-electron chi connectivity index (χ1n) is 11.0. The molecule has 0 saturated heterocycles. The molecule has 8 nitrogen and oxygen atoms in total. The Morgan fingerprint density at radius 2 is 1.62 bits per heavy atom. The number of nitriles is 1. The normalized spacial score (nSPS) is 11.4. The minimum absolute atomic E-state index is 0.0000530. The van der Waals surface area contributed by atoms with E-state index in [-0.39, 0.29) is 17.3 Å². The van der Waals surface area contributed by atoms with Gasteiger partial charge in [-0.1, -0.05) is 65.1 Å². The molecule has 11 heteroatoms. The number of hydrogen-bond donors (Lipinski definition) is 2. The van der Waals surface area contributed by atoms with Crippen LogP contribution in [0.15, 0.2) is 67.0 Å². The van der Waals surface area contributed by atoms with Crippen LogP contribution in [0.4, 0.5) is 23.0 Å². The zero-order valence-electron chi connectivity index (χ0n) is 19.4. The molecule has 1 unspecified atom stereocenters. The van der Waals surface area contributed by atoms with Gasteiger partial charge in [-0.05, 0) is 59.5 Å². The molecule has 0 amide bonds. The van der Waals surface area contributed by atoms with Crippen LogP contribution in [0.25, 0.3) is 0 Å². The highest BCUT2D eigenvalue weighted by atomic mass is 35.5. The Kier molecular flexibility index (Phi) is 8.09. The molecule has 0 saturated carbocycles. The van der Waals surface area contributed by atoms with Gasteiger partial charge in [-0.2, -0.15) is 5.26 Å². The van der Waals surface area contributed by atoms with E-state index >= 15 is 0 Å². The monoisotopic (exact) mass is 552 g/mol. The molecule has 0 aliphatic rings. The van der Waals surface area contributed by atoms with Gasteiger partial charge < -0.3 is 10.6 Å². The second-order valence-corrected chi connectivity index (χ2v) is 9.36. The number of halogens is 3. The highest BCUT2D eigenvalue weighted by molar-refractivity contribution is 6.32. The minimum atomic E-state index is -0.616. The van der Waals surface area contributed by atoms with Crippen LogP contribution in [0.2, 0.25) is 15.1 Å². The van der Waals surface area contributed by atoms with E-state index in [4.69, 9.17) is 34.8 Å². The molecule has 4 rings (SSSR count). The Hall–Kier alpha value is -3.90. The van der Waals surface area contributed by atoms with Gasteiger partial charge in [0.1, 0.15) is 6.33 Å². The van der Waals surface area contributed by atoms with Crippen LogP contribution < -0.4 is 10.6 Å². The van der Waals surface area contributed by atoms with E-state index in [1.54, 1.807) is 48.5 Å². The van der Waals surface area contributed by atoms with E-state index in [1.165, 1.54) is 6.33 Å². The van der Waals surface area contributed by atoms with Crippen molar-refractivity contribution >= 4 is 57.8 Å². The average Bonchev–Trinajstić information content (AvgIpc) is 2.88. The van der Waals surface area contributed by atoms with Gasteiger partial charge in [-0.3, -0.25) is 10.1 Å². The highest BCUT2D eigenvalue weighted by Gasteiger charge is 2.24. The third-order valence-electron chi connectivity index (χ3n) is 5.62. The third kappa shape index (κ3) is 6.09. The summed E-state index contributed by atoms with van der Waals surface area (Å²) < 4.78 is 0. The lowest BCUT2D eigenvalue weighted by Gasteiger charge is -2.17. The fraction of sp³-hybridized carbons (Fsp3) is 0.115. The Labute approximate surface area is 228 Å². The highest BCUT2D eigenvalue weighted by Crippen LogP contribution is 2.37. The molecule has 0 spiro atoms. The van der Waals surface area contributed by atoms with E-state index in [9.17, 15) is 15.4 Å². The molecule has 2 N–H and O–H groups in total. The van der Waals surface area contributed by atoms with Gasteiger partial charge in [0, 0.05) is 27.3 Å². The summed E-state index contributed by atoms with van der Waals surface area (Å²) in [6.07, 6.45) is 1.23. The molecule has 186 valence electrons. The number of rotatable bonds is 8. The predicted molar refractivity (Wildman–Crippen MR) is 146 cm³/mol. The zero-order chi connectivity index (χ0) is 26.5. The zero-order valence-corrected chi connectivity index (χ0v) is 21.6. The molecular weight excluding hydrogens is 535 g/mol. The summed E-state index contributed by atoms with van der Waals surface area (Å²) in [6, 6.07) is 19.8. The molecule has 0 aliphatic heterocycles. The second kappa shape index (κ2) is 11.4. The lowest BCUT2D eigenvalue weighted by molar-refractivity contribution is -0.383. The van der Waals surface area contributed by atoms with Gasteiger partial charge in [0.25, 0.3) is 0 Å². The van der Waals surface area contributed by atoms with Gasteiger partial charge in [0.05, 0.1) is 16.9 Å². The first-order chi connectivity index (χ1) is 17.8. The van der Waals surface area contributed by atoms with Crippen LogP contribution in [-0.2, 0) is 6.54 Å². The Balaban J connectivity index is 1.63. The van der Waals surface area contributed by atoms with Gasteiger partial charge >= 0.3 is 5.69 Å². The number of nitrogens with one attached hydrogen (secondary N) is 2. The maximum atomic E-state index is 12.0. The number of nitro groups is 1. The Bertz CT molecular complexity index is 1490. The summed E-state index contributed by atoms with van der Waals surface area (Å²) in [5.41, 5.74) is 3.14. The third-order valence-corrected chi connectivity index (χ3v) is 6.45. The van der Waals surface area contributed by atoms with Crippen molar-refractivity contribution in [3.8, 4) is 6.07 Å². The van der Waals surface area contributed by atoms with Gasteiger partial charge in [0.2, 0.25) is 11.6 Å². The number of hydrogen-bond acceptors (Lipinski definition) is 7. The van der Waals surface area contributed by atoms with Crippen LogP contribution in [0.1, 0.15) is 28.2 Å². The molecule has 1 atom stereocenters. The van der Waals surface area contributed by atoms with Gasteiger partial charge in [-0.15, -0.1) is 0 Å². The number of aromatic nitrogens is 2. The lowest BCUT2D eigenvalue weighted by atomic mass is 9.91. The van der Waals surface area contributed by atoms with Crippen molar-refractivity contribution in [2.75, 3.05) is 10.6 Å². The standard InChI is InChI=1S/C26H19Cl3N6O2/c1-15-10-20(21(12-30)17-4-8-19(28)9-5-17)22(29)11-23(15)34-26-24(35(36)37)25(32-14-33-26)31-13-16-2-6-18(27)7-3-16/h2-11,14,21H,13H2,1H3,(H2,31,32,33,34). The maximum Gasteiger partial charge on any atom is 0.353 e. The SMILES string of the molecule is Cc1cc(C(C#N)c2ccc(Cl)cc2)c(Cl)cc1Nc1ncnc(NCc2ccc(Cl)cc2)c1[N+](=O)[O-]. The largest absolute Gasteiger partial charge is 0.360 e. The van der Waals surface area contributed by atoms with Crippen molar-refractivity contribution in [2.45, 2.75) is 19.4 Å². The molecule has 37 heavy (non-hydrogen) atoms. The molecule has 0 radical (unpaired) electrons. The van der Waals surface area contributed by atoms with Crippen molar-refractivity contribution in [1.29, 1.82) is 5.26 Å². The van der Waals surface area contributed by atoms with E-state index in [0.29, 0.717) is 32.9 Å². The fourth-order valence-corrected chi connectivity index (χ4v) is 4.25. The Morgan fingerprint density at radius 3 is 2.24 bits per heavy atom. The summed E-state index contributed by atoms with van der Waals surface area (Å²) in [5.74, 6) is -0.556. The maximum absolute atomic E-state index is 12.0. The van der Waals surface area contributed by atoms with Crippen LogP contribution in [0.5, 0.6) is 0 Å². The van der Waals surface area contributed by atoms with Crippen LogP contribution >= 0.6 is 34.8 Å². The second-order valence-electron chi connectivity index (χ2n) is 8.08. The van der Waals surface area contributed by atoms with E-state index in [1.807, 2.05) is 19.1 Å². The summed E-state index contributed by atoms with van der Waals surface area (Å²) >= 11 is 18.5. The molecule has 4 aromatic rings. The fourth-order valence-electron chi connectivity index (χ4n) is 3.73. The Morgan fingerprint density at radius 1 is 1.00 bits per heavy atom. The summed E-state index contributed by atoms with van der Waals surface area (Å²) in [5, 5.41) is 29.3. The molecule has 0 fully saturated rings. The van der Waals surface area contributed by atoms with Crippen molar-refractivity contribution < 1.29 is 4.92 Å². The number of benzene rings is 3. The van der Waals surface area contributed by atoms with Crippen molar-refractivity contribution in [3.63, 3.8) is 0 Å². The molecule has 0 bridgehead atoms. The first-order valence-corrected chi connectivity index (χ1v) is 12.1. The molecule has 0 aliphatic carbocycles. The smallest absolute Gasteiger partial charge is 0.353 e. The topological polar surface area (TPSA) is 117 Å². The van der Waals surface area contributed by atoms with Crippen LogP contribution in [0, 0.1) is 28.4 Å². The molecule has 1 heterocycles. The van der Waals surface area contributed by atoms with E-state index in [2.05, 4.69) is 26.7 Å². The number of aryl methyl sites for hydroxylation is 1. The summed E-state index contributed by atoms with van der Waals surface area (Å²) in [4.78, 5) is 19.6. The van der Waals surface area contributed by atoms with Crippen LogP contribution in [0.3, 0.4) is 0 Å². The van der Waals surface area contributed by atoms with Gasteiger partial charge in [0.15, 0.2) is 0 Å². The number of anilines is 3. The van der Waals surface area contributed by atoms with Crippen molar-refractivity contribution in [3.05, 3.63) is 114 Å². The quantitative estimate of drug-likeness (QED) is 0.170. The summed E-state index contributed by atoms with van der Waals surface area (Å²) in [7, 11) is 0. The number of nitrogens with zero attached hydrogens (tertiary/aromatic N) is 4. The lowest BCUT2D eigenvalue weighted by Crippen LogP contribution is -2.09. The van der Waals surface area contributed by atoms with Crippen molar-refractivity contribution in [2.24, 2.45) is 0 Å². The van der Waals surface area contributed by atoms with Crippen molar-refractivity contribution in [1.82, 2.24) is 9.97 Å². The minimum Gasteiger partial charge on any atom is -0.360 e. The molecule has 3 aromatic carbocycles. The predicted octanol–water partition coefficient (Wildman–Crippen LogP) is 7.66. The van der Waals surface area contributed by atoms with Crippen LogP contribution in [-0.4, -0.2) is 14.9 Å². The van der Waals surface area contributed by atoms with Gasteiger partial charge in [-0.25, -0.2) is 9.97 Å².